The number of benzene rings is 2. The number of hydrogen-bond acceptors (Lipinski definition) is 2. The van der Waals surface area contributed by atoms with Gasteiger partial charge >= 0.3 is 0 Å². The zero-order valence-corrected chi connectivity index (χ0v) is 12.8. The maximum Gasteiger partial charge on any atom is 0.265 e. The number of rotatable bonds is 4. The van der Waals surface area contributed by atoms with Crippen LogP contribution in [-0.4, -0.2) is 11.8 Å². The second-order valence-electron chi connectivity index (χ2n) is 5.22. The molecule has 2 aromatic carbocycles. The number of imide groups is 1. The van der Waals surface area contributed by atoms with Crippen molar-refractivity contribution in [2.45, 2.75) is 20.3 Å². The van der Waals surface area contributed by atoms with Crippen LogP contribution >= 0.6 is 0 Å². The van der Waals surface area contributed by atoms with Crippen LogP contribution in [0.15, 0.2) is 72.3 Å². The third-order valence-corrected chi connectivity index (χ3v) is 3.17. The molecule has 0 saturated heterocycles. The molecule has 0 aliphatic carbocycles. The minimum Gasteiger partial charge on any atom is -0.274 e. The molecule has 0 atom stereocenters. The van der Waals surface area contributed by atoms with Crippen LogP contribution in [0.5, 0.6) is 0 Å². The van der Waals surface area contributed by atoms with E-state index in [1.807, 2.05) is 44.2 Å². The van der Waals surface area contributed by atoms with Crippen molar-refractivity contribution in [3.05, 3.63) is 77.9 Å². The Kier molecular flexibility index (Phi) is 5.26. The van der Waals surface area contributed by atoms with Gasteiger partial charge in [0.05, 0.1) is 5.69 Å². The number of hydrogen-bond donors (Lipinski definition) is 0. The number of allylic oxidation sites excluding steroid dienone is 1. The lowest BCUT2D eigenvalue weighted by atomic mass is 10.1. The normalized spacial score (nSPS) is 9.91. The fraction of sp³-hybridized carbons (Fsp3) is 0.158. The van der Waals surface area contributed by atoms with E-state index < -0.39 is 0 Å². The van der Waals surface area contributed by atoms with Crippen molar-refractivity contribution in [2.75, 3.05) is 4.90 Å². The topological polar surface area (TPSA) is 37.4 Å². The molecule has 0 saturated carbocycles. The minimum atomic E-state index is -0.307. The van der Waals surface area contributed by atoms with E-state index in [0.717, 1.165) is 5.57 Å². The lowest BCUT2D eigenvalue weighted by Gasteiger charge is -2.20. The number of anilines is 1. The van der Waals surface area contributed by atoms with Crippen molar-refractivity contribution in [1.82, 2.24) is 0 Å². The highest BCUT2D eigenvalue weighted by Gasteiger charge is 2.23. The number of para-hydroxylation sites is 1. The van der Waals surface area contributed by atoms with Gasteiger partial charge in [-0.2, -0.15) is 0 Å². The minimum absolute atomic E-state index is 0.204. The Morgan fingerprint density at radius 3 is 2.00 bits per heavy atom. The summed E-state index contributed by atoms with van der Waals surface area (Å²) in [6, 6.07) is 17.9. The van der Waals surface area contributed by atoms with E-state index in [4.69, 9.17) is 0 Å². The zero-order chi connectivity index (χ0) is 15.9. The molecule has 0 bridgehead atoms. The third-order valence-electron chi connectivity index (χ3n) is 3.17. The van der Waals surface area contributed by atoms with Gasteiger partial charge in [-0.1, -0.05) is 48.0 Å². The van der Waals surface area contributed by atoms with E-state index in [1.54, 1.807) is 36.4 Å². The van der Waals surface area contributed by atoms with Crippen LogP contribution in [0.4, 0.5) is 5.69 Å². The summed E-state index contributed by atoms with van der Waals surface area (Å²) in [6.45, 7) is 3.86. The predicted molar refractivity (Wildman–Crippen MR) is 88.7 cm³/mol. The van der Waals surface area contributed by atoms with E-state index in [2.05, 4.69) is 0 Å². The molecule has 3 nitrogen and oxygen atoms in total. The average Bonchev–Trinajstić information content (AvgIpc) is 2.55. The van der Waals surface area contributed by atoms with Gasteiger partial charge in [-0.05, 0) is 38.1 Å². The molecule has 22 heavy (non-hydrogen) atoms. The lowest BCUT2D eigenvalue weighted by Crippen LogP contribution is -2.36. The Balaban J connectivity index is 2.36. The van der Waals surface area contributed by atoms with Crippen LogP contribution < -0.4 is 4.90 Å². The predicted octanol–water partition coefficient (Wildman–Crippen LogP) is 4.22. The molecule has 0 heterocycles. The summed E-state index contributed by atoms with van der Waals surface area (Å²) >= 11 is 0. The van der Waals surface area contributed by atoms with Crippen LogP contribution in [0.3, 0.4) is 0 Å². The number of nitrogens with zero attached hydrogens (tertiary/aromatic N) is 1. The molecule has 2 amide bonds. The second kappa shape index (κ2) is 7.36. The fourth-order valence-electron chi connectivity index (χ4n) is 2.04. The highest BCUT2D eigenvalue weighted by atomic mass is 16.2. The first kappa shape index (κ1) is 15.7. The summed E-state index contributed by atoms with van der Waals surface area (Å²) in [5.41, 5.74) is 2.13. The maximum atomic E-state index is 12.7. The Hall–Kier alpha value is -2.68. The maximum absolute atomic E-state index is 12.7. The molecule has 0 fully saturated rings. The van der Waals surface area contributed by atoms with E-state index in [9.17, 15) is 9.59 Å². The molecule has 0 unspecified atom stereocenters. The Labute approximate surface area is 130 Å². The summed E-state index contributed by atoms with van der Waals surface area (Å²) in [5.74, 6) is -0.541. The molecule has 0 aliphatic rings. The van der Waals surface area contributed by atoms with Gasteiger partial charge in [0.15, 0.2) is 0 Å². The van der Waals surface area contributed by atoms with Crippen molar-refractivity contribution in [3.8, 4) is 0 Å². The summed E-state index contributed by atoms with van der Waals surface area (Å²) in [5, 5.41) is 0. The van der Waals surface area contributed by atoms with E-state index in [-0.39, 0.29) is 18.2 Å². The SMILES string of the molecule is CC(C)=CCC(=O)N(C(=O)c1ccccc1)c1ccccc1. The van der Waals surface area contributed by atoms with Crippen LogP contribution in [0, 0.1) is 0 Å². The van der Waals surface area contributed by atoms with Crippen LogP contribution in [0.1, 0.15) is 30.6 Å². The Morgan fingerprint density at radius 1 is 0.909 bits per heavy atom. The van der Waals surface area contributed by atoms with Gasteiger partial charge in [-0.25, -0.2) is 4.90 Å². The van der Waals surface area contributed by atoms with Gasteiger partial charge < -0.3 is 0 Å². The van der Waals surface area contributed by atoms with Gasteiger partial charge in [0, 0.05) is 12.0 Å². The molecule has 2 rings (SSSR count). The largest absolute Gasteiger partial charge is 0.274 e. The summed E-state index contributed by atoms with van der Waals surface area (Å²) in [4.78, 5) is 26.5. The molecular formula is C19H19NO2. The molecule has 0 aromatic heterocycles. The smallest absolute Gasteiger partial charge is 0.265 e. The molecule has 0 aliphatic heterocycles. The number of carbonyl (C=O) groups excluding carboxylic acids is 2. The molecule has 3 heteroatoms. The summed E-state index contributed by atoms with van der Waals surface area (Å²) in [7, 11) is 0. The van der Waals surface area contributed by atoms with Crippen LogP contribution in [0.25, 0.3) is 0 Å². The van der Waals surface area contributed by atoms with E-state index in [0.29, 0.717) is 11.3 Å². The van der Waals surface area contributed by atoms with Gasteiger partial charge in [0.1, 0.15) is 0 Å². The van der Waals surface area contributed by atoms with Crippen LogP contribution in [-0.2, 0) is 4.79 Å². The lowest BCUT2D eigenvalue weighted by molar-refractivity contribution is -0.117. The molecular weight excluding hydrogens is 274 g/mol. The number of amides is 2. The van der Waals surface area contributed by atoms with Crippen molar-refractivity contribution in [3.63, 3.8) is 0 Å². The fourth-order valence-corrected chi connectivity index (χ4v) is 2.04. The third kappa shape index (κ3) is 3.92. The van der Waals surface area contributed by atoms with E-state index in [1.165, 1.54) is 4.90 Å². The van der Waals surface area contributed by atoms with Crippen molar-refractivity contribution < 1.29 is 9.59 Å². The van der Waals surface area contributed by atoms with Gasteiger partial charge in [-0.15, -0.1) is 0 Å². The Bertz CT molecular complexity index is 671. The van der Waals surface area contributed by atoms with Gasteiger partial charge in [-0.3, -0.25) is 9.59 Å². The first-order valence-electron chi connectivity index (χ1n) is 7.20. The molecule has 0 radical (unpaired) electrons. The zero-order valence-electron chi connectivity index (χ0n) is 12.8. The van der Waals surface area contributed by atoms with Crippen LogP contribution in [0.2, 0.25) is 0 Å². The molecule has 0 N–H and O–H groups in total. The highest BCUT2D eigenvalue weighted by molar-refractivity contribution is 6.21. The molecule has 2 aromatic rings. The van der Waals surface area contributed by atoms with Crippen molar-refractivity contribution in [1.29, 1.82) is 0 Å². The highest BCUT2D eigenvalue weighted by Crippen LogP contribution is 2.18. The summed E-state index contributed by atoms with van der Waals surface area (Å²) < 4.78 is 0. The van der Waals surface area contributed by atoms with Gasteiger partial charge in [0.25, 0.3) is 5.91 Å². The Morgan fingerprint density at radius 2 is 1.45 bits per heavy atom. The number of carbonyl (C=O) groups is 2. The average molecular weight is 293 g/mol. The van der Waals surface area contributed by atoms with E-state index >= 15 is 0 Å². The standard InChI is InChI=1S/C19H19NO2/c1-15(2)13-14-18(21)20(17-11-7-4-8-12-17)19(22)16-9-5-3-6-10-16/h3-13H,14H2,1-2H3. The van der Waals surface area contributed by atoms with Crippen molar-refractivity contribution >= 4 is 17.5 Å². The summed E-state index contributed by atoms with van der Waals surface area (Å²) in [6.07, 6.45) is 2.03. The van der Waals surface area contributed by atoms with Crippen molar-refractivity contribution in [2.24, 2.45) is 0 Å². The van der Waals surface area contributed by atoms with Gasteiger partial charge in [0.2, 0.25) is 5.91 Å². The first-order valence-corrected chi connectivity index (χ1v) is 7.20. The molecule has 0 spiro atoms. The molecule has 112 valence electrons. The first-order chi connectivity index (χ1) is 10.6. The second-order valence-corrected chi connectivity index (χ2v) is 5.22. The quantitative estimate of drug-likeness (QED) is 0.792. The monoisotopic (exact) mass is 293 g/mol.